The molecule has 64 valence electrons. The fourth-order valence-corrected chi connectivity index (χ4v) is 0.929. The van der Waals surface area contributed by atoms with E-state index in [0.717, 1.165) is 4.90 Å². The SMILES string of the molecule is CCCN(C(=O)Cl)C(=O)CCl. The third-order valence-corrected chi connectivity index (χ3v) is 1.51. The molecule has 0 rings (SSSR count). The van der Waals surface area contributed by atoms with Crippen LogP contribution in [0, 0.1) is 0 Å². The summed E-state index contributed by atoms with van der Waals surface area (Å²) in [5, 5.41) is -0.766. The zero-order valence-electron chi connectivity index (χ0n) is 6.14. The first kappa shape index (κ1) is 10.7. The standard InChI is InChI=1S/C6H9Cl2NO2/c1-2-3-9(6(8)11)5(10)4-7/h2-4H2,1H3. The largest absolute Gasteiger partial charge is 0.323 e. The van der Waals surface area contributed by atoms with Crippen LogP contribution in [0.25, 0.3) is 0 Å². The Balaban J connectivity index is 4.09. The molecule has 3 nitrogen and oxygen atoms in total. The van der Waals surface area contributed by atoms with Crippen LogP contribution in [-0.4, -0.2) is 28.6 Å². The maximum absolute atomic E-state index is 10.8. The van der Waals surface area contributed by atoms with Crippen LogP contribution in [0.1, 0.15) is 13.3 Å². The fourth-order valence-electron chi connectivity index (χ4n) is 0.606. The first-order valence-electron chi connectivity index (χ1n) is 3.19. The van der Waals surface area contributed by atoms with Crippen LogP contribution in [0.2, 0.25) is 0 Å². The van der Waals surface area contributed by atoms with Gasteiger partial charge in [0.05, 0.1) is 0 Å². The number of rotatable bonds is 3. The number of nitrogens with zero attached hydrogens (tertiary/aromatic N) is 1. The molecule has 0 spiro atoms. The lowest BCUT2D eigenvalue weighted by atomic mass is 10.4. The molecule has 2 amide bonds. The molecule has 0 atom stereocenters. The molecule has 0 aromatic heterocycles. The van der Waals surface area contributed by atoms with E-state index < -0.39 is 11.3 Å². The third kappa shape index (κ3) is 3.58. The zero-order valence-corrected chi connectivity index (χ0v) is 7.65. The molecule has 0 bridgehead atoms. The second kappa shape index (κ2) is 5.38. The summed E-state index contributed by atoms with van der Waals surface area (Å²) in [5.41, 5.74) is 0. The molecule has 0 aromatic rings. The minimum atomic E-state index is -0.766. The summed E-state index contributed by atoms with van der Waals surface area (Å²) in [4.78, 5) is 22.3. The molecule has 0 aliphatic carbocycles. The molecule has 0 aromatic carbocycles. The average molecular weight is 198 g/mol. The Morgan fingerprint density at radius 1 is 1.45 bits per heavy atom. The number of carbonyl (C=O) groups is 2. The molecule has 0 saturated heterocycles. The highest BCUT2D eigenvalue weighted by atomic mass is 35.5. The van der Waals surface area contributed by atoms with E-state index in [4.69, 9.17) is 23.2 Å². The Bertz CT molecular complexity index is 161. The van der Waals surface area contributed by atoms with Gasteiger partial charge in [0.2, 0.25) is 5.91 Å². The summed E-state index contributed by atoms with van der Waals surface area (Å²) in [6.45, 7) is 2.17. The highest BCUT2D eigenvalue weighted by Gasteiger charge is 2.16. The van der Waals surface area contributed by atoms with Gasteiger partial charge in [-0.1, -0.05) is 6.92 Å². The fraction of sp³-hybridized carbons (Fsp3) is 0.667. The van der Waals surface area contributed by atoms with Crippen molar-refractivity contribution in [2.24, 2.45) is 0 Å². The summed E-state index contributed by atoms with van der Waals surface area (Å²) in [7, 11) is 0. The summed E-state index contributed by atoms with van der Waals surface area (Å²) in [5.74, 6) is -0.660. The third-order valence-electron chi connectivity index (χ3n) is 1.07. The summed E-state index contributed by atoms with van der Waals surface area (Å²) in [6.07, 6.45) is 0.682. The minimum absolute atomic E-state index is 0.210. The molecule has 0 unspecified atom stereocenters. The molecule has 0 saturated carbocycles. The topological polar surface area (TPSA) is 37.4 Å². The van der Waals surface area contributed by atoms with Crippen LogP contribution < -0.4 is 0 Å². The Morgan fingerprint density at radius 2 is 2.00 bits per heavy atom. The van der Waals surface area contributed by atoms with Gasteiger partial charge in [0.1, 0.15) is 5.88 Å². The van der Waals surface area contributed by atoms with Gasteiger partial charge >= 0.3 is 5.37 Å². The van der Waals surface area contributed by atoms with Crippen LogP contribution >= 0.6 is 23.2 Å². The number of carbonyl (C=O) groups excluding carboxylic acids is 2. The van der Waals surface area contributed by atoms with Crippen molar-refractivity contribution in [3.05, 3.63) is 0 Å². The van der Waals surface area contributed by atoms with Gasteiger partial charge in [-0.3, -0.25) is 14.5 Å². The van der Waals surface area contributed by atoms with Gasteiger partial charge in [-0.2, -0.15) is 0 Å². The molecule has 11 heavy (non-hydrogen) atoms. The lowest BCUT2D eigenvalue weighted by molar-refractivity contribution is -0.125. The van der Waals surface area contributed by atoms with Gasteiger partial charge in [-0.25, -0.2) is 0 Å². The van der Waals surface area contributed by atoms with Crippen LogP contribution in [0.3, 0.4) is 0 Å². The van der Waals surface area contributed by atoms with E-state index >= 15 is 0 Å². The van der Waals surface area contributed by atoms with Crippen LogP contribution in [-0.2, 0) is 4.79 Å². The molecule has 0 aliphatic rings. The number of hydrogen-bond donors (Lipinski definition) is 0. The quantitative estimate of drug-likeness (QED) is 0.394. The van der Waals surface area contributed by atoms with Gasteiger partial charge < -0.3 is 0 Å². The number of alkyl halides is 1. The first-order valence-corrected chi connectivity index (χ1v) is 4.10. The highest BCUT2D eigenvalue weighted by molar-refractivity contribution is 6.64. The van der Waals surface area contributed by atoms with Gasteiger partial charge in [-0.05, 0) is 18.0 Å². The highest BCUT2D eigenvalue weighted by Crippen LogP contribution is 2.00. The minimum Gasteiger partial charge on any atom is -0.273 e. The van der Waals surface area contributed by atoms with Crippen molar-refractivity contribution in [2.75, 3.05) is 12.4 Å². The Kier molecular flexibility index (Phi) is 5.24. The number of hydrogen-bond acceptors (Lipinski definition) is 2. The van der Waals surface area contributed by atoms with E-state index in [1.54, 1.807) is 0 Å². The second-order valence-corrected chi connectivity index (χ2v) is 2.52. The molecule has 0 heterocycles. The maximum Gasteiger partial charge on any atom is 0.323 e. The van der Waals surface area contributed by atoms with Crippen LogP contribution in [0.15, 0.2) is 0 Å². The lowest BCUT2D eigenvalue weighted by Crippen LogP contribution is -2.34. The van der Waals surface area contributed by atoms with E-state index in [0.29, 0.717) is 13.0 Å². The van der Waals surface area contributed by atoms with Crippen molar-refractivity contribution < 1.29 is 9.59 Å². The van der Waals surface area contributed by atoms with Crippen molar-refractivity contribution in [1.82, 2.24) is 4.90 Å². The van der Waals surface area contributed by atoms with Gasteiger partial charge in [0.25, 0.3) is 0 Å². The molecular weight excluding hydrogens is 189 g/mol. The molecule has 0 N–H and O–H groups in total. The summed E-state index contributed by atoms with van der Waals surface area (Å²) < 4.78 is 0. The van der Waals surface area contributed by atoms with E-state index in [9.17, 15) is 9.59 Å². The smallest absolute Gasteiger partial charge is 0.273 e. The van der Waals surface area contributed by atoms with E-state index in [2.05, 4.69) is 0 Å². The number of amides is 2. The van der Waals surface area contributed by atoms with Crippen molar-refractivity contribution in [2.45, 2.75) is 13.3 Å². The molecule has 0 fully saturated rings. The van der Waals surface area contributed by atoms with Crippen molar-refractivity contribution in [1.29, 1.82) is 0 Å². The average Bonchev–Trinajstić information content (AvgIpc) is 1.98. The van der Waals surface area contributed by atoms with Gasteiger partial charge in [0, 0.05) is 6.54 Å². The van der Waals surface area contributed by atoms with Crippen molar-refractivity contribution in [3.63, 3.8) is 0 Å². The predicted molar refractivity (Wildman–Crippen MR) is 44.0 cm³/mol. The first-order chi connectivity index (χ1) is 5.13. The molecule has 5 heteroatoms. The van der Waals surface area contributed by atoms with Crippen molar-refractivity contribution in [3.8, 4) is 0 Å². The summed E-state index contributed by atoms with van der Waals surface area (Å²) >= 11 is 10.3. The maximum atomic E-state index is 10.8. The normalized spacial score (nSPS) is 9.36. The summed E-state index contributed by atoms with van der Waals surface area (Å²) in [6, 6.07) is 0. The Labute approximate surface area is 75.3 Å². The Morgan fingerprint density at radius 3 is 2.27 bits per heavy atom. The second-order valence-electron chi connectivity index (χ2n) is 1.93. The van der Waals surface area contributed by atoms with E-state index in [1.165, 1.54) is 0 Å². The zero-order chi connectivity index (χ0) is 8.85. The molecule has 0 radical (unpaired) electrons. The monoisotopic (exact) mass is 197 g/mol. The van der Waals surface area contributed by atoms with Gasteiger partial charge in [-0.15, -0.1) is 11.6 Å². The van der Waals surface area contributed by atoms with E-state index in [-0.39, 0.29) is 5.88 Å². The lowest BCUT2D eigenvalue weighted by Gasteiger charge is -2.14. The van der Waals surface area contributed by atoms with Crippen molar-refractivity contribution >= 4 is 34.5 Å². The number of halogens is 2. The molecule has 0 aliphatic heterocycles. The van der Waals surface area contributed by atoms with E-state index in [1.807, 2.05) is 6.92 Å². The predicted octanol–water partition coefficient (Wildman–Crippen LogP) is 1.82. The Hall–Kier alpha value is -0.280. The number of imide groups is 1. The van der Waals surface area contributed by atoms with Crippen LogP contribution in [0.5, 0.6) is 0 Å². The molecular formula is C6H9Cl2NO2. The van der Waals surface area contributed by atoms with Gasteiger partial charge in [0.15, 0.2) is 0 Å². The van der Waals surface area contributed by atoms with Crippen LogP contribution in [0.4, 0.5) is 4.79 Å².